The highest BCUT2D eigenvalue weighted by Gasteiger charge is 2.23. The maximum Gasteiger partial charge on any atom is 0.329 e. The van der Waals surface area contributed by atoms with Crippen LogP contribution >= 0.6 is 23.4 Å². The number of ether oxygens (including phenoxy) is 1. The number of benzene rings is 2. The number of hydrogen-bond donors (Lipinski definition) is 1. The van der Waals surface area contributed by atoms with Crippen LogP contribution in [-0.4, -0.2) is 29.9 Å². The first-order valence-electron chi connectivity index (χ1n) is 9.52. The molecule has 0 aromatic heterocycles. The zero-order chi connectivity index (χ0) is 21.4. The van der Waals surface area contributed by atoms with E-state index in [0.29, 0.717) is 17.0 Å². The summed E-state index contributed by atoms with van der Waals surface area (Å²) in [6, 6.07) is 13.9. The molecule has 0 saturated heterocycles. The highest BCUT2D eigenvalue weighted by Crippen LogP contribution is 2.22. The van der Waals surface area contributed by atoms with Crippen LogP contribution in [0.3, 0.4) is 0 Å². The van der Waals surface area contributed by atoms with Crippen molar-refractivity contribution in [2.45, 2.75) is 45.3 Å². The average Bonchev–Trinajstić information content (AvgIpc) is 2.69. The van der Waals surface area contributed by atoms with Gasteiger partial charge < -0.3 is 10.1 Å². The van der Waals surface area contributed by atoms with E-state index in [0.717, 1.165) is 11.3 Å². The van der Waals surface area contributed by atoms with Crippen LogP contribution in [0.2, 0.25) is 5.02 Å². The maximum absolute atomic E-state index is 12.6. The van der Waals surface area contributed by atoms with Crippen LogP contribution in [0.1, 0.15) is 48.7 Å². The Morgan fingerprint density at radius 2 is 1.69 bits per heavy atom. The van der Waals surface area contributed by atoms with E-state index in [1.54, 1.807) is 36.0 Å². The van der Waals surface area contributed by atoms with Gasteiger partial charge in [0.25, 0.3) is 5.91 Å². The molecule has 29 heavy (non-hydrogen) atoms. The van der Waals surface area contributed by atoms with Crippen molar-refractivity contribution in [3.05, 3.63) is 70.2 Å². The third kappa shape index (κ3) is 7.41. The lowest BCUT2D eigenvalue weighted by Gasteiger charge is -2.20. The van der Waals surface area contributed by atoms with E-state index in [1.165, 1.54) is 5.56 Å². The number of rotatable bonds is 8. The summed E-state index contributed by atoms with van der Waals surface area (Å²) >= 11 is 7.48. The van der Waals surface area contributed by atoms with Crippen LogP contribution in [0, 0.1) is 0 Å². The number of thioether (sulfide) groups is 1. The average molecular weight is 434 g/mol. The Labute approximate surface area is 182 Å². The first kappa shape index (κ1) is 23.3. The molecule has 0 fully saturated rings. The minimum atomic E-state index is -0.695. The molecule has 1 atom stereocenters. The molecule has 2 aromatic carbocycles. The Hall–Kier alpha value is -1.98. The summed E-state index contributed by atoms with van der Waals surface area (Å²) < 4.78 is 5.48. The van der Waals surface area contributed by atoms with E-state index < -0.39 is 12.0 Å². The highest BCUT2D eigenvalue weighted by atomic mass is 35.5. The van der Waals surface area contributed by atoms with E-state index in [-0.39, 0.29) is 17.9 Å². The molecular formula is C23H28ClNO3S. The quantitative estimate of drug-likeness (QED) is 0.579. The van der Waals surface area contributed by atoms with Crippen molar-refractivity contribution in [2.24, 2.45) is 0 Å². The zero-order valence-corrected chi connectivity index (χ0v) is 18.9. The van der Waals surface area contributed by atoms with Crippen molar-refractivity contribution in [1.82, 2.24) is 5.32 Å². The van der Waals surface area contributed by atoms with Gasteiger partial charge in [0.15, 0.2) is 0 Å². The van der Waals surface area contributed by atoms with Crippen molar-refractivity contribution >= 4 is 35.2 Å². The number of amides is 1. The van der Waals surface area contributed by atoms with Gasteiger partial charge in [0.1, 0.15) is 12.6 Å². The summed E-state index contributed by atoms with van der Waals surface area (Å²) in [5.74, 6) is -0.0125. The second-order valence-electron chi connectivity index (χ2n) is 7.87. The lowest BCUT2D eigenvalue weighted by molar-refractivity contribution is -0.147. The molecule has 0 aliphatic heterocycles. The predicted molar refractivity (Wildman–Crippen MR) is 121 cm³/mol. The molecule has 0 radical (unpaired) electrons. The SMILES string of the molecule is CSCC[C@H](NC(=O)c1ccc(Cl)cc1)C(=O)OCc1ccc(C(C)(C)C)cc1. The molecule has 0 saturated carbocycles. The number of halogens is 1. The molecule has 1 N–H and O–H groups in total. The van der Waals surface area contributed by atoms with Gasteiger partial charge in [0.05, 0.1) is 0 Å². The van der Waals surface area contributed by atoms with Crippen molar-refractivity contribution in [3.63, 3.8) is 0 Å². The van der Waals surface area contributed by atoms with E-state index >= 15 is 0 Å². The third-order valence-corrected chi connectivity index (χ3v) is 5.40. The minimum Gasteiger partial charge on any atom is -0.459 e. The van der Waals surface area contributed by atoms with E-state index in [2.05, 4.69) is 38.2 Å². The normalized spacial score (nSPS) is 12.3. The molecule has 4 nitrogen and oxygen atoms in total. The lowest BCUT2D eigenvalue weighted by Crippen LogP contribution is -2.42. The Kier molecular flexibility index (Phi) is 8.60. The summed E-state index contributed by atoms with van der Waals surface area (Å²) in [6.07, 6.45) is 2.46. The monoisotopic (exact) mass is 433 g/mol. The summed E-state index contributed by atoms with van der Waals surface area (Å²) in [5, 5.41) is 3.34. The molecule has 0 spiro atoms. The predicted octanol–water partition coefficient (Wildman–Crippen LogP) is 5.23. The van der Waals surface area contributed by atoms with Gasteiger partial charge in [0.2, 0.25) is 0 Å². The van der Waals surface area contributed by atoms with Crippen LogP contribution in [0.5, 0.6) is 0 Å². The lowest BCUT2D eigenvalue weighted by atomic mass is 9.87. The molecular weight excluding hydrogens is 406 g/mol. The standard InChI is InChI=1S/C23H28ClNO3S/c1-23(2,3)18-9-5-16(6-10-18)15-28-22(27)20(13-14-29-4)25-21(26)17-7-11-19(24)12-8-17/h5-12,20H,13-15H2,1-4H3,(H,25,26)/t20-/m0/s1. The van der Waals surface area contributed by atoms with Crippen LogP contribution in [-0.2, 0) is 21.6 Å². The second-order valence-corrected chi connectivity index (χ2v) is 9.29. The highest BCUT2D eigenvalue weighted by molar-refractivity contribution is 7.98. The number of hydrogen-bond acceptors (Lipinski definition) is 4. The van der Waals surface area contributed by atoms with Gasteiger partial charge in [0, 0.05) is 10.6 Å². The Morgan fingerprint density at radius 1 is 1.07 bits per heavy atom. The number of nitrogens with one attached hydrogen (secondary N) is 1. The largest absolute Gasteiger partial charge is 0.459 e. The van der Waals surface area contributed by atoms with Crippen LogP contribution < -0.4 is 5.32 Å². The van der Waals surface area contributed by atoms with Crippen molar-refractivity contribution in [1.29, 1.82) is 0 Å². The molecule has 0 aliphatic rings. The van der Waals surface area contributed by atoms with E-state index in [9.17, 15) is 9.59 Å². The third-order valence-electron chi connectivity index (χ3n) is 4.51. The fourth-order valence-corrected chi connectivity index (χ4v) is 3.28. The first-order chi connectivity index (χ1) is 13.7. The van der Waals surface area contributed by atoms with Gasteiger partial charge in [-0.3, -0.25) is 4.79 Å². The number of esters is 1. The van der Waals surface area contributed by atoms with Gasteiger partial charge in [-0.15, -0.1) is 0 Å². The second kappa shape index (κ2) is 10.7. The molecule has 6 heteroatoms. The fraction of sp³-hybridized carbons (Fsp3) is 0.391. The smallest absolute Gasteiger partial charge is 0.329 e. The molecule has 2 aromatic rings. The first-order valence-corrected chi connectivity index (χ1v) is 11.3. The van der Waals surface area contributed by atoms with E-state index in [4.69, 9.17) is 16.3 Å². The molecule has 1 amide bonds. The topological polar surface area (TPSA) is 55.4 Å². The number of carbonyl (C=O) groups excluding carboxylic acids is 2. The van der Waals surface area contributed by atoms with Crippen molar-refractivity contribution in [2.75, 3.05) is 12.0 Å². The Balaban J connectivity index is 1.98. The van der Waals surface area contributed by atoms with Crippen molar-refractivity contribution < 1.29 is 14.3 Å². The van der Waals surface area contributed by atoms with Crippen LogP contribution in [0.15, 0.2) is 48.5 Å². The molecule has 0 unspecified atom stereocenters. The van der Waals surface area contributed by atoms with Gasteiger partial charge in [-0.1, -0.05) is 56.6 Å². The summed E-state index contributed by atoms with van der Waals surface area (Å²) in [7, 11) is 0. The molecule has 156 valence electrons. The van der Waals surface area contributed by atoms with Gasteiger partial charge in [-0.2, -0.15) is 11.8 Å². The molecule has 0 aliphatic carbocycles. The van der Waals surface area contributed by atoms with Crippen LogP contribution in [0.25, 0.3) is 0 Å². The Bertz CT molecular complexity index is 814. The minimum absolute atomic E-state index is 0.0735. The summed E-state index contributed by atoms with van der Waals surface area (Å²) in [5.41, 5.74) is 2.66. The van der Waals surface area contributed by atoms with Gasteiger partial charge in [-0.05, 0) is 59.2 Å². The van der Waals surface area contributed by atoms with Crippen LogP contribution in [0.4, 0.5) is 0 Å². The maximum atomic E-state index is 12.6. The molecule has 0 heterocycles. The number of carbonyl (C=O) groups is 2. The zero-order valence-electron chi connectivity index (χ0n) is 17.3. The summed E-state index contributed by atoms with van der Waals surface area (Å²) in [6.45, 7) is 6.64. The summed E-state index contributed by atoms with van der Waals surface area (Å²) in [4.78, 5) is 25.1. The van der Waals surface area contributed by atoms with E-state index in [1.807, 2.05) is 18.4 Å². The molecule has 2 rings (SSSR count). The van der Waals surface area contributed by atoms with Gasteiger partial charge in [-0.25, -0.2) is 4.79 Å². The molecule has 0 bridgehead atoms. The van der Waals surface area contributed by atoms with Gasteiger partial charge >= 0.3 is 5.97 Å². The van der Waals surface area contributed by atoms with Crippen molar-refractivity contribution in [3.8, 4) is 0 Å². The Morgan fingerprint density at radius 3 is 2.24 bits per heavy atom. The fourth-order valence-electron chi connectivity index (χ4n) is 2.68.